The van der Waals surface area contributed by atoms with E-state index in [0.717, 1.165) is 25.7 Å². The van der Waals surface area contributed by atoms with E-state index in [1.807, 2.05) is 36.4 Å². The lowest BCUT2D eigenvalue weighted by molar-refractivity contribution is -0.133. The number of sulfone groups is 1. The molecule has 4 aromatic rings. The maximum absolute atomic E-state index is 14.1. The topological polar surface area (TPSA) is 111 Å². The Hall–Kier alpha value is -4.34. The van der Waals surface area contributed by atoms with Gasteiger partial charge in [0.15, 0.2) is 11.5 Å². The molecular weight excluding hydrogens is 566 g/mol. The van der Waals surface area contributed by atoms with Crippen LogP contribution in [0.3, 0.4) is 0 Å². The number of carbonyl (C=O) groups is 1. The number of aryl methyl sites for hydroxylation is 1. The molecule has 0 fully saturated rings. The summed E-state index contributed by atoms with van der Waals surface area (Å²) < 4.78 is 44.8. The van der Waals surface area contributed by atoms with Gasteiger partial charge in [-0.1, -0.05) is 67.4 Å². The van der Waals surface area contributed by atoms with Gasteiger partial charge in [-0.05, 0) is 67.1 Å². The fraction of sp³-hybridized carbons (Fsp3) is 0.265. The number of unbranched alkanes of at least 4 members (excludes halogenated alkanes) is 2. The third kappa shape index (κ3) is 8.37. The highest BCUT2D eigenvalue weighted by molar-refractivity contribution is 7.91. The predicted molar refractivity (Wildman–Crippen MR) is 164 cm³/mol. The molecule has 8 nitrogen and oxygen atoms in total. The van der Waals surface area contributed by atoms with Crippen LogP contribution in [0.25, 0.3) is 0 Å². The van der Waals surface area contributed by atoms with Gasteiger partial charge >= 0.3 is 0 Å². The van der Waals surface area contributed by atoms with E-state index < -0.39 is 21.7 Å². The number of methoxy groups -OCH3 is 2. The zero-order valence-electron chi connectivity index (χ0n) is 24.4. The summed E-state index contributed by atoms with van der Waals surface area (Å²) in [6.45, 7) is 0. The summed E-state index contributed by atoms with van der Waals surface area (Å²) in [6, 6.07) is 28.5. The Kier molecular flexibility index (Phi) is 11.2. The molecule has 2 N–H and O–H groups in total. The van der Waals surface area contributed by atoms with Crippen LogP contribution in [0, 0.1) is 5.92 Å². The molecule has 0 saturated carbocycles. The first-order chi connectivity index (χ1) is 20.8. The molecule has 0 radical (unpaired) electrons. The van der Waals surface area contributed by atoms with Gasteiger partial charge < -0.3 is 14.2 Å². The molecule has 0 aliphatic rings. The van der Waals surface area contributed by atoms with E-state index in [1.165, 1.54) is 44.0 Å². The number of hydroxylamine groups is 1. The lowest BCUT2D eigenvalue weighted by atomic mass is 9.92. The zero-order valence-corrected chi connectivity index (χ0v) is 25.2. The van der Waals surface area contributed by atoms with Gasteiger partial charge in [0, 0.05) is 18.1 Å². The van der Waals surface area contributed by atoms with E-state index in [0.29, 0.717) is 29.2 Å². The number of amides is 1. The normalized spacial score (nSPS) is 11.9. The summed E-state index contributed by atoms with van der Waals surface area (Å²) in [5.41, 5.74) is 3.47. The van der Waals surface area contributed by atoms with Crippen molar-refractivity contribution < 1.29 is 32.6 Å². The smallest absolute Gasteiger partial charge is 0.246 e. The molecule has 0 aromatic heterocycles. The van der Waals surface area contributed by atoms with Crippen LogP contribution >= 0.6 is 0 Å². The van der Waals surface area contributed by atoms with Gasteiger partial charge in [0.25, 0.3) is 0 Å². The van der Waals surface area contributed by atoms with Crippen molar-refractivity contribution in [1.82, 2.24) is 5.48 Å². The summed E-state index contributed by atoms with van der Waals surface area (Å²) in [6.07, 6.45) is 4.14. The van der Waals surface area contributed by atoms with Crippen molar-refractivity contribution in [2.75, 3.05) is 14.2 Å². The molecule has 9 heteroatoms. The first-order valence-electron chi connectivity index (χ1n) is 14.2. The Morgan fingerprint density at radius 3 is 2.16 bits per heavy atom. The lowest BCUT2D eigenvalue weighted by Gasteiger charge is -2.19. The van der Waals surface area contributed by atoms with E-state index in [9.17, 15) is 18.4 Å². The van der Waals surface area contributed by atoms with Crippen LogP contribution in [0.1, 0.15) is 36.8 Å². The molecule has 43 heavy (non-hydrogen) atoms. The second-order valence-electron chi connectivity index (χ2n) is 10.2. The molecule has 1 amide bonds. The van der Waals surface area contributed by atoms with Crippen LogP contribution in [-0.2, 0) is 27.5 Å². The van der Waals surface area contributed by atoms with E-state index in [4.69, 9.17) is 14.2 Å². The summed E-state index contributed by atoms with van der Waals surface area (Å²) in [7, 11) is -1.18. The maximum Gasteiger partial charge on any atom is 0.246 e. The van der Waals surface area contributed by atoms with Crippen molar-refractivity contribution in [3.63, 3.8) is 0 Å². The van der Waals surface area contributed by atoms with E-state index in [1.54, 1.807) is 29.7 Å². The van der Waals surface area contributed by atoms with Crippen molar-refractivity contribution in [1.29, 1.82) is 0 Å². The third-order valence-corrected chi connectivity index (χ3v) is 9.11. The number of hydrogen-bond donors (Lipinski definition) is 2. The molecule has 1 unspecified atom stereocenters. The van der Waals surface area contributed by atoms with E-state index >= 15 is 0 Å². The monoisotopic (exact) mass is 603 g/mol. The van der Waals surface area contributed by atoms with Crippen molar-refractivity contribution in [3.05, 3.63) is 108 Å². The summed E-state index contributed by atoms with van der Waals surface area (Å²) in [4.78, 5) is 12.7. The molecule has 4 aromatic carbocycles. The lowest BCUT2D eigenvalue weighted by Crippen LogP contribution is -2.29. The highest BCUT2D eigenvalue weighted by atomic mass is 32.2. The molecule has 4 rings (SSSR count). The van der Waals surface area contributed by atoms with Crippen molar-refractivity contribution >= 4 is 15.7 Å². The second-order valence-corrected chi connectivity index (χ2v) is 12.1. The number of benzene rings is 4. The number of nitrogens with one attached hydrogen (secondary N) is 1. The highest BCUT2D eigenvalue weighted by Gasteiger charge is 2.27. The quantitative estimate of drug-likeness (QED) is 0.0874. The Bertz CT molecular complexity index is 1590. The molecular formula is C34H37NO7S. The fourth-order valence-corrected chi connectivity index (χ4v) is 6.51. The molecule has 0 spiro atoms. The fourth-order valence-electron chi connectivity index (χ4n) is 4.98. The minimum Gasteiger partial charge on any atom is -0.493 e. The Balaban J connectivity index is 1.61. The minimum absolute atomic E-state index is 0.00679. The Morgan fingerprint density at radius 2 is 1.49 bits per heavy atom. The van der Waals surface area contributed by atoms with Gasteiger partial charge in [0.05, 0.1) is 24.0 Å². The number of hydrogen-bond acceptors (Lipinski definition) is 7. The van der Waals surface area contributed by atoms with Gasteiger partial charge in [0.1, 0.15) is 11.5 Å². The molecule has 1 atom stereocenters. The number of rotatable bonds is 15. The summed E-state index contributed by atoms with van der Waals surface area (Å²) in [5.74, 6) is 0.365. The standard InChI is InChI=1S/C34H37NO7S/c1-40-31-21-20-30(24-32(31)41-2)43(38,39)33-23-29(42-28-16-10-5-11-17-28)19-18-26(33)22-27(34(36)35-37)15-9-4-8-14-25-12-6-3-7-13-25/h3,5-7,10-13,16-21,23-24,27,37H,4,8-9,14-15,22H2,1-2H3,(H,35,36). The maximum atomic E-state index is 14.1. The first-order valence-corrected chi connectivity index (χ1v) is 15.6. The highest BCUT2D eigenvalue weighted by Crippen LogP contribution is 2.36. The number of para-hydroxylation sites is 1. The van der Waals surface area contributed by atoms with Crippen LogP contribution in [0.2, 0.25) is 0 Å². The summed E-state index contributed by atoms with van der Waals surface area (Å²) in [5, 5.41) is 9.49. The minimum atomic E-state index is -4.09. The molecule has 0 aliphatic carbocycles. The first kappa shape index (κ1) is 31.6. The molecule has 0 aliphatic heterocycles. The molecule has 0 saturated heterocycles. The van der Waals surface area contributed by atoms with Crippen LogP contribution in [0.4, 0.5) is 0 Å². The second kappa shape index (κ2) is 15.2. The van der Waals surface area contributed by atoms with Crippen molar-refractivity contribution in [2.45, 2.75) is 48.3 Å². The van der Waals surface area contributed by atoms with Crippen LogP contribution in [0.5, 0.6) is 23.0 Å². The van der Waals surface area contributed by atoms with E-state index in [-0.39, 0.29) is 22.0 Å². The van der Waals surface area contributed by atoms with Crippen LogP contribution in [-0.4, -0.2) is 33.8 Å². The van der Waals surface area contributed by atoms with Gasteiger partial charge in [-0.2, -0.15) is 0 Å². The predicted octanol–water partition coefficient (Wildman–Crippen LogP) is 6.80. The zero-order chi connectivity index (χ0) is 30.7. The third-order valence-electron chi connectivity index (χ3n) is 7.28. The average molecular weight is 604 g/mol. The Labute approximate surface area is 253 Å². The number of ether oxygens (including phenoxy) is 3. The Morgan fingerprint density at radius 1 is 0.791 bits per heavy atom. The van der Waals surface area contributed by atoms with Crippen molar-refractivity contribution in [2.24, 2.45) is 5.92 Å². The van der Waals surface area contributed by atoms with Gasteiger partial charge in [0.2, 0.25) is 15.7 Å². The SMILES string of the molecule is COc1ccc(S(=O)(=O)c2cc(Oc3ccccc3)ccc2CC(CCCCCc2ccccc2)C(=O)NO)cc1OC. The van der Waals surface area contributed by atoms with Crippen molar-refractivity contribution in [3.8, 4) is 23.0 Å². The molecule has 0 heterocycles. The van der Waals surface area contributed by atoms with Gasteiger partial charge in [-0.15, -0.1) is 0 Å². The summed E-state index contributed by atoms with van der Waals surface area (Å²) >= 11 is 0. The van der Waals surface area contributed by atoms with E-state index in [2.05, 4.69) is 12.1 Å². The average Bonchev–Trinajstić information content (AvgIpc) is 3.04. The number of carbonyl (C=O) groups excluding carboxylic acids is 1. The largest absolute Gasteiger partial charge is 0.493 e. The molecule has 226 valence electrons. The molecule has 0 bridgehead atoms. The van der Waals surface area contributed by atoms with Gasteiger partial charge in [-0.25, -0.2) is 13.9 Å². The van der Waals surface area contributed by atoms with Crippen LogP contribution in [0.15, 0.2) is 107 Å². The van der Waals surface area contributed by atoms with Gasteiger partial charge in [-0.3, -0.25) is 10.0 Å². The van der Waals surface area contributed by atoms with Crippen LogP contribution < -0.4 is 19.7 Å².